The molecule has 0 bridgehead atoms. The Labute approximate surface area is 134 Å². The summed E-state index contributed by atoms with van der Waals surface area (Å²) in [7, 11) is -0.639. The monoisotopic (exact) mass is 324 g/mol. The van der Waals surface area contributed by atoms with E-state index in [1.165, 1.54) is 0 Å². The highest BCUT2D eigenvalue weighted by Crippen LogP contribution is 2.19. The molecule has 0 spiro atoms. The van der Waals surface area contributed by atoms with Gasteiger partial charge in [-0.2, -0.15) is 0 Å². The first-order valence-corrected chi connectivity index (χ1v) is 9.02. The highest BCUT2D eigenvalue weighted by Gasteiger charge is 2.18. The minimum Gasteiger partial charge on any atom is -0.444 e. The molecule has 0 aliphatic carbocycles. The molecule has 0 atom stereocenters. The molecule has 1 heterocycles. The van der Waals surface area contributed by atoms with E-state index >= 15 is 0 Å². The van der Waals surface area contributed by atoms with Gasteiger partial charge in [0.15, 0.2) is 0 Å². The molecule has 0 radical (unpaired) electrons. The molecule has 1 aliphatic rings. The second kappa shape index (κ2) is 7.13. The van der Waals surface area contributed by atoms with E-state index in [2.05, 4.69) is 10.6 Å². The van der Waals surface area contributed by atoms with Gasteiger partial charge in [0.05, 0.1) is 0 Å². The molecule has 1 amide bonds. The minimum absolute atomic E-state index is 0.377. The molecule has 0 aromatic heterocycles. The van der Waals surface area contributed by atoms with Crippen molar-refractivity contribution in [3.8, 4) is 0 Å². The fraction of sp³-hybridized carbons (Fsp3) is 0.562. The van der Waals surface area contributed by atoms with E-state index in [1.807, 2.05) is 45.0 Å². The van der Waals surface area contributed by atoms with E-state index in [-0.39, 0.29) is 0 Å². The highest BCUT2D eigenvalue weighted by molar-refractivity contribution is 7.85. The number of hydrogen-bond acceptors (Lipinski definition) is 4. The topological polar surface area (TPSA) is 67.4 Å². The lowest BCUT2D eigenvalue weighted by Gasteiger charge is -2.23. The molecule has 0 unspecified atom stereocenters. The van der Waals surface area contributed by atoms with Gasteiger partial charge in [-0.25, -0.2) is 4.79 Å². The summed E-state index contributed by atoms with van der Waals surface area (Å²) in [5.41, 5.74) is 1.20. The minimum atomic E-state index is -0.639. The molecule has 1 aromatic carbocycles. The number of benzene rings is 1. The van der Waals surface area contributed by atoms with Gasteiger partial charge in [0.25, 0.3) is 0 Å². The van der Waals surface area contributed by atoms with Gasteiger partial charge in [0.1, 0.15) is 5.60 Å². The van der Waals surface area contributed by atoms with Gasteiger partial charge < -0.3 is 10.1 Å². The van der Waals surface area contributed by atoms with E-state index in [4.69, 9.17) is 4.74 Å². The first-order chi connectivity index (χ1) is 10.3. The molecule has 1 aromatic rings. The van der Waals surface area contributed by atoms with E-state index in [9.17, 15) is 9.00 Å². The van der Waals surface area contributed by atoms with Crippen molar-refractivity contribution in [1.82, 2.24) is 0 Å². The third kappa shape index (κ3) is 5.67. The van der Waals surface area contributed by atoms with E-state index < -0.39 is 22.5 Å². The van der Waals surface area contributed by atoms with Crippen LogP contribution >= 0.6 is 0 Å². The van der Waals surface area contributed by atoms with Crippen LogP contribution in [0, 0.1) is 0 Å². The molecule has 2 rings (SSSR count). The predicted octanol–water partition coefficient (Wildman–Crippen LogP) is 3.36. The number of hydrogen-bond donors (Lipinski definition) is 2. The van der Waals surface area contributed by atoms with Crippen molar-refractivity contribution >= 4 is 28.3 Å². The number of rotatable bonds is 3. The number of nitrogens with one attached hydrogen (secondary N) is 2. The van der Waals surface area contributed by atoms with Crippen molar-refractivity contribution in [2.24, 2.45) is 0 Å². The summed E-state index contributed by atoms with van der Waals surface area (Å²) in [6.07, 6.45) is 1.41. The fourth-order valence-corrected chi connectivity index (χ4v) is 3.54. The summed E-state index contributed by atoms with van der Waals surface area (Å²) in [5, 5.41) is 6.15. The maximum Gasteiger partial charge on any atom is 0.412 e. The van der Waals surface area contributed by atoms with Crippen LogP contribution in [0.3, 0.4) is 0 Å². The number of carbonyl (C=O) groups is 1. The highest BCUT2D eigenvalue weighted by atomic mass is 32.2. The smallest absolute Gasteiger partial charge is 0.412 e. The van der Waals surface area contributed by atoms with Gasteiger partial charge in [0.2, 0.25) is 0 Å². The van der Waals surface area contributed by atoms with Crippen molar-refractivity contribution in [2.45, 2.75) is 45.3 Å². The van der Waals surface area contributed by atoms with E-state index in [0.29, 0.717) is 11.7 Å². The van der Waals surface area contributed by atoms with Crippen molar-refractivity contribution in [2.75, 3.05) is 22.1 Å². The predicted molar refractivity (Wildman–Crippen MR) is 90.8 cm³/mol. The molecule has 1 aliphatic heterocycles. The lowest BCUT2D eigenvalue weighted by atomic mass is 10.1. The van der Waals surface area contributed by atoms with Gasteiger partial charge >= 0.3 is 6.09 Å². The Balaban J connectivity index is 1.85. The van der Waals surface area contributed by atoms with Crippen LogP contribution in [0.2, 0.25) is 0 Å². The largest absolute Gasteiger partial charge is 0.444 e. The molecule has 122 valence electrons. The Kier molecular flexibility index (Phi) is 5.45. The molecule has 2 N–H and O–H groups in total. The SMILES string of the molecule is CC(C)(C)OC(=O)Nc1ccc(NC2CCS(=O)CC2)cc1. The van der Waals surface area contributed by atoms with Crippen LogP contribution in [0.25, 0.3) is 0 Å². The number of carbonyl (C=O) groups excluding carboxylic acids is 1. The number of ether oxygens (including phenoxy) is 1. The summed E-state index contributed by atoms with van der Waals surface area (Å²) in [5.74, 6) is 1.55. The Morgan fingerprint density at radius 1 is 1.14 bits per heavy atom. The van der Waals surface area contributed by atoms with Crippen LogP contribution in [0.4, 0.5) is 16.2 Å². The molecular formula is C16H24N2O3S. The van der Waals surface area contributed by atoms with Crippen molar-refractivity contribution < 1.29 is 13.7 Å². The fourth-order valence-electron chi connectivity index (χ4n) is 2.25. The molecule has 5 nitrogen and oxygen atoms in total. The van der Waals surface area contributed by atoms with Crippen molar-refractivity contribution in [3.63, 3.8) is 0 Å². The van der Waals surface area contributed by atoms with Crippen LogP contribution < -0.4 is 10.6 Å². The Morgan fingerprint density at radius 2 is 1.68 bits per heavy atom. The van der Waals surface area contributed by atoms with Crippen LogP contribution in [0.5, 0.6) is 0 Å². The second-order valence-corrected chi connectivity index (χ2v) is 8.17. The molecule has 0 saturated carbocycles. The van der Waals surface area contributed by atoms with Crippen LogP contribution in [0.15, 0.2) is 24.3 Å². The average molecular weight is 324 g/mol. The first kappa shape index (κ1) is 16.8. The Bertz CT molecular complexity index is 527. The van der Waals surface area contributed by atoms with Gasteiger partial charge in [-0.1, -0.05) is 0 Å². The zero-order chi connectivity index (χ0) is 16.2. The summed E-state index contributed by atoms with van der Waals surface area (Å²) in [6, 6.07) is 7.92. The van der Waals surface area contributed by atoms with Gasteiger partial charge in [0, 0.05) is 39.7 Å². The summed E-state index contributed by atoms with van der Waals surface area (Å²) in [6.45, 7) is 5.49. The van der Waals surface area contributed by atoms with Crippen molar-refractivity contribution in [1.29, 1.82) is 0 Å². The van der Waals surface area contributed by atoms with Gasteiger partial charge in [-0.3, -0.25) is 9.53 Å². The molecule has 6 heteroatoms. The maximum atomic E-state index is 11.7. The third-order valence-electron chi connectivity index (χ3n) is 3.29. The van der Waals surface area contributed by atoms with Crippen LogP contribution in [0.1, 0.15) is 33.6 Å². The summed E-state index contributed by atoms with van der Waals surface area (Å²) < 4.78 is 16.5. The third-order valence-corrected chi connectivity index (χ3v) is 4.67. The van der Waals surface area contributed by atoms with Gasteiger partial charge in [-0.05, 0) is 57.9 Å². The molecule has 1 fully saturated rings. The van der Waals surface area contributed by atoms with E-state index in [0.717, 1.165) is 30.0 Å². The molecular weight excluding hydrogens is 300 g/mol. The zero-order valence-corrected chi connectivity index (χ0v) is 14.2. The summed E-state index contributed by atoms with van der Waals surface area (Å²) in [4.78, 5) is 11.7. The number of anilines is 2. The second-order valence-electron chi connectivity index (χ2n) is 6.47. The number of amides is 1. The lowest BCUT2D eigenvalue weighted by molar-refractivity contribution is 0.0636. The Morgan fingerprint density at radius 3 is 2.23 bits per heavy atom. The van der Waals surface area contributed by atoms with Crippen LogP contribution in [-0.2, 0) is 15.5 Å². The molecule has 22 heavy (non-hydrogen) atoms. The first-order valence-electron chi connectivity index (χ1n) is 7.53. The quantitative estimate of drug-likeness (QED) is 0.894. The van der Waals surface area contributed by atoms with E-state index in [1.54, 1.807) is 0 Å². The molecule has 1 saturated heterocycles. The average Bonchev–Trinajstić information content (AvgIpc) is 2.41. The maximum absolute atomic E-state index is 11.7. The Hall–Kier alpha value is -1.56. The van der Waals surface area contributed by atoms with Crippen molar-refractivity contribution in [3.05, 3.63) is 24.3 Å². The standard InChI is InChI=1S/C16H24N2O3S/c1-16(2,3)21-15(19)18-13-6-4-12(5-7-13)17-14-8-10-22(20)11-9-14/h4-7,14,17H,8-11H2,1-3H3,(H,18,19). The summed E-state index contributed by atoms with van der Waals surface area (Å²) >= 11 is 0. The normalized spacial score (nSPS) is 22.0. The lowest BCUT2D eigenvalue weighted by Crippen LogP contribution is -2.29. The van der Waals surface area contributed by atoms with Crippen LogP contribution in [-0.4, -0.2) is 33.5 Å². The zero-order valence-electron chi connectivity index (χ0n) is 13.3. The van der Waals surface area contributed by atoms with Gasteiger partial charge in [-0.15, -0.1) is 0 Å².